The molecule has 0 aliphatic carbocycles. The van der Waals surface area contributed by atoms with Crippen molar-refractivity contribution in [2.45, 2.75) is 13.5 Å². The molecule has 0 spiro atoms. The molecule has 0 unspecified atom stereocenters. The first-order chi connectivity index (χ1) is 9.95. The van der Waals surface area contributed by atoms with Gasteiger partial charge in [-0.15, -0.1) is 0 Å². The summed E-state index contributed by atoms with van der Waals surface area (Å²) < 4.78 is 5.92. The summed E-state index contributed by atoms with van der Waals surface area (Å²) in [5.74, 6) is 0.349. The van der Waals surface area contributed by atoms with Gasteiger partial charge in [0.2, 0.25) is 0 Å². The normalized spacial score (nSPS) is 10.2. The van der Waals surface area contributed by atoms with E-state index in [1.54, 1.807) is 12.1 Å². The highest BCUT2D eigenvalue weighted by atomic mass is 79.9. The second-order valence-corrected chi connectivity index (χ2v) is 5.17. The number of rotatable bonds is 4. The van der Waals surface area contributed by atoms with Gasteiger partial charge in [0.1, 0.15) is 11.5 Å². The van der Waals surface area contributed by atoms with E-state index in [1.807, 2.05) is 13.0 Å². The Hall–Kier alpha value is -2.28. The van der Waals surface area contributed by atoms with Gasteiger partial charge in [-0.1, -0.05) is 0 Å². The lowest BCUT2D eigenvalue weighted by Crippen LogP contribution is -2.28. The molecule has 1 aromatic heterocycles. The third-order valence-electron chi connectivity index (χ3n) is 2.68. The van der Waals surface area contributed by atoms with Crippen molar-refractivity contribution < 1.29 is 19.1 Å². The van der Waals surface area contributed by atoms with Crippen LogP contribution in [0.4, 0.5) is 10.5 Å². The van der Waals surface area contributed by atoms with Crippen molar-refractivity contribution in [3.8, 4) is 0 Å². The molecule has 0 atom stereocenters. The Kier molecular flexibility index (Phi) is 4.64. The van der Waals surface area contributed by atoms with E-state index < -0.39 is 12.0 Å². The van der Waals surface area contributed by atoms with E-state index in [4.69, 9.17) is 9.52 Å². The van der Waals surface area contributed by atoms with Gasteiger partial charge >= 0.3 is 12.0 Å². The van der Waals surface area contributed by atoms with Crippen LogP contribution in [0.3, 0.4) is 0 Å². The molecule has 2 amide bonds. The summed E-state index contributed by atoms with van der Waals surface area (Å²) in [5, 5.41) is 14.1. The van der Waals surface area contributed by atoms with Crippen LogP contribution in [0.25, 0.3) is 0 Å². The number of carbonyl (C=O) groups is 2. The number of furan rings is 1. The summed E-state index contributed by atoms with van der Waals surface area (Å²) in [6.45, 7) is 2.06. The molecule has 3 N–H and O–H groups in total. The number of nitrogens with one attached hydrogen (secondary N) is 2. The minimum Gasteiger partial charge on any atom is -0.478 e. The van der Waals surface area contributed by atoms with E-state index in [0.29, 0.717) is 15.9 Å². The van der Waals surface area contributed by atoms with Crippen LogP contribution in [0.5, 0.6) is 0 Å². The first-order valence-electron chi connectivity index (χ1n) is 6.08. The Morgan fingerprint density at radius 3 is 2.67 bits per heavy atom. The molecule has 1 heterocycles. The zero-order valence-corrected chi connectivity index (χ0v) is 12.7. The topological polar surface area (TPSA) is 91.6 Å². The molecule has 0 radical (unpaired) electrons. The summed E-state index contributed by atoms with van der Waals surface area (Å²) >= 11 is 3.25. The molecule has 21 heavy (non-hydrogen) atoms. The van der Waals surface area contributed by atoms with Crippen molar-refractivity contribution in [1.82, 2.24) is 5.32 Å². The highest BCUT2D eigenvalue weighted by Crippen LogP contribution is 2.23. The third kappa shape index (κ3) is 4.09. The summed E-state index contributed by atoms with van der Waals surface area (Å²) in [6, 6.07) is 7.52. The van der Waals surface area contributed by atoms with Crippen molar-refractivity contribution in [2.24, 2.45) is 0 Å². The first kappa shape index (κ1) is 15.1. The third-order valence-corrected chi connectivity index (χ3v) is 3.37. The minimum atomic E-state index is -1.06. The van der Waals surface area contributed by atoms with Gasteiger partial charge in [0.15, 0.2) is 0 Å². The summed E-state index contributed by atoms with van der Waals surface area (Å²) in [7, 11) is 0. The van der Waals surface area contributed by atoms with E-state index in [0.717, 1.165) is 5.76 Å². The van der Waals surface area contributed by atoms with Gasteiger partial charge < -0.3 is 20.2 Å². The molecule has 0 fully saturated rings. The Morgan fingerprint density at radius 1 is 1.29 bits per heavy atom. The maximum Gasteiger partial charge on any atom is 0.335 e. The van der Waals surface area contributed by atoms with E-state index in [9.17, 15) is 9.59 Å². The molecule has 0 aliphatic rings. The van der Waals surface area contributed by atoms with Crippen molar-refractivity contribution >= 4 is 33.6 Å². The van der Waals surface area contributed by atoms with Gasteiger partial charge in [-0.05, 0) is 53.2 Å². The second kappa shape index (κ2) is 6.45. The Morgan fingerprint density at radius 2 is 2.05 bits per heavy atom. The van der Waals surface area contributed by atoms with Crippen LogP contribution >= 0.6 is 15.9 Å². The number of hydrogen-bond donors (Lipinski definition) is 3. The van der Waals surface area contributed by atoms with Gasteiger partial charge in [0.05, 0.1) is 17.8 Å². The Labute approximate surface area is 129 Å². The van der Waals surface area contributed by atoms with Crippen LogP contribution in [0, 0.1) is 6.92 Å². The van der Waals surface area contributed by atoms with E-state index in [2.05, 4.69) is 26.6 Å². The number of carboxylic acid groups (broad SMARTS) is 1. The molecule has 0 saturated heterocycles. The second-order valence-electron chi connectivity index (χ2n) is 4.32. The molecular formula is C14H13BrN2O4. The van der Waals surface area contributed by atoms with Gasteiger partial charge in [0, 0.05) is 4.47 Å². The highest BCUT2D eigenvalue weighted by molar-refractivity contribution is 9.10. The fraction of sp³-hybridized carbons (Fsp3) is 0.143. The molecule has 0 saturated carbocycles. The summed E-state index contributed by atoms with van der Waals surface area (Å²) in [4.78, 5) is 22.7. The highest BCUT2D eigenvalue weighted by Gasteiger charge is 2.10. The van der Waals surface area contributed by atoms with Crippen LogP contribution in [0.2, 0.25) is 0 Å². The monoisotopic (exact) mass is 352 g/mol. The Bertz CT molecular complexity index is 681. The smallest absolute Gasteiger partial charge is 0.335 e. The zero-order valence-electron chi connectivity index (χ0n) is 11.1. The van der Waals surface area contributed by atoms with Crippen LogP contribution < -0.4 is 10.6 Å². The predicted octanol–water partition coefficient (Wildman–Crippen LogP) is 3.37. The van der Waals surface area contributed by atoms with Gasteiger partial charge in [-0.3, -0.25) is 0 Å². The number of halogens is 1. The average Bonchev–Trinajstić information content (AvgIpc) is 2.84. The number of hydrogen-bond acceptors (Lipinski definition) is 3. The van der Waals surface area contributed by atoms with Crippen LogP contribution in [-0.2, 0) is 6.54 Å². The predicted molar refractivity (Wildman–Crippen MR) is 80.4 cm³/mol. The molecule has 1 aromatic carbocycles. The van der Waals surface area contributed by atoms with Gasteiger partial charge in [-0.25, -0.2) is 9.59 Å². The number of anilines is 1. The molecule has 110 valence electrons. The van der Waals surface area contributed by atoms with E-state index in [1.165, 1.54) is 12.1 Å². The molecule has 2 aromatic rings. The van der Waals surface area contributed by atoms with Crippen molar-refractivity contribution in [3.63, 3.8) is 0 Å². The number of benzene rings is 1. The quantitative estimate of drug-likeness (QED) is 0.786. The number of aryl methyl sites for hydroxylation is 1. The lowest BCUT2D eigenvalue weighted by Gasteiger charge is -2.09. The maximum absolute atomic E-state index is 11.8. The molecule has 6 nitrogen and oxygen atoms in total. The summed E-state index contributed by atoms with van der Waals surface area (Å²) in [5.41, 5.74) is 0.471. The number of carboxylic acids is 1. The molecular weight excluding hydrogens is 340 g/mol. The average molecular weight is 353 g/mol. The summed E-state index contributed by atoms with van der Waals surface area (Å²) in [6.07, 6.45) is 0. The molecule has 0 bridgehead atoms. The SMILES string of the molecule is Cc1ccc(CNC(=O)Nc2cc(C(=O)O)ccc2Br)o1. The van der Waals surface area contributed by atoms with Crippen molar-refractivity contribution in [2.75, 3.05) is 5.32 Å². The fourth-order valence-corrected chi connectivity index (χ4v) is 2.01. The fourth-order valence-electron chi connectivity index (χ4n) is 1.67. The lowest BCUT2D eigenvalue weighted by atomic mass is 10.2. The first-order valence-corrected chi connectivity index (χ1v) is 6.88. The van der Waals surface area contributed by atoms with E-state index in [-0.39, 0.29) is 12.1 Å². The minimum absolute atomic E-state index is 0.0927. The number of aromatic carboxylic acids is 1. The molecule has 7 heteroatoms. The number of carbonyl (C=O) groups excluding carboxylic acids is 1. The molecule has 2 rings (SSSR count). The lowest BCUT2D eigenvalue weighted by molar-refractivity contribution is 0.0697. The molecule has 0 aliphatic heterocycles. The zero-order chi connectivity index (χ0) is 15.4. The van der Waals surface area contributed by atoms with Crippen LogP contribution in [0.1, 0.15) is 21.9 Å². The Balaban J connectivity index is 1.99. The maximum atomic E-state index is 11.8. The van der Waals surface area contributed by atoms with Gasteiger partial charge in [-0.2, -0.15) is 0 Å². The van der Waals surface area contributed by atoms with Gasteiger partial charge in [0.25, 0.3) is 0 Å². The number of amides is 2. The van der Waals surface area contributed by atoms with Crippen molar-refractivity contribution in [3.05, 3.63) is 51.9 Å². The number of urea groups is 1. The largest absolute Gasteiger partial charge is 0.478 e. The standard InChI is InChI=1S/C14H13BrN2O4/c1-8-2-4-10(21-8)7-16-14(20)17-12-6-9(13(18)19)3-5-11(12)15/h2-6H,7H2,1H3,(H,18,19)(H2,16,17,20). The van der Waals surface area contributed by atoms with Crippen LogP contribution in [0.15, 0.2) is 39.2 Å². The van der Waals surface area contributed by atoms with E-state index >= 15 is 0 Å². The van der Waals surface area contributed by atoms with Crippen LogP contribution in [-0.4, -0.2) is 17.1 Å². The van der Waals surface area contributed by atoms with Crippen molar-refractivity contribution in [1.29, 1.82) is 0 Å².